The summed E-state index contributed by atoms with van der Waals surface area (Å²) in [6.07, 6.45) is 1.68. The molecule has 0 saturated heterocycles. The van der Waals surface area contributed by atoms with E-state index in [2.05, 4.69) is 10.8 Å². The normalized spacial score (nSPS) is 17.3. The molecule has 0 aromatic heterocycles. The van der Waals surface area contributed by atoms with Gasteiger partial charge in [-0.15, -0.1) is 0 Å². The number of hydrogen-bond acceptors (Lipinski definition) is 3. The Morgan fingerprint density at radius 1 is 1.18 bits per heavy atom. The summed E-state index contributed by atoms with van der Waals surface area (Å²) in [5, 5.41) is 0. The maximum absolute atomic E-state index is 12.7. The summed E-state index contributed by atoms with van der Waals surface area (Å²) < 4.78 is 33.5. The zero-order chi connectivity index (χ0) is 15.7. The first-order valence-corrected chi connectivity index (χ1v) is 8.74. The second-order valence-electron chi connectivity index (χ2n) is 5.57. The predicted molar refractivity (Wildman–Crippen MR) is 85.6 cm³/mol. The summed E-state index contributed by atoms with van der Waals surface area (Å²) in [6, 6.07) is 13.0. The number of nitrogens with one attached hydrogen (secondary N) is 1. The Labute approximate surface area is 131 Å². The highest BCUT2D eigenvalue weighted by Crippen LogP contribution is 2.33. The average molecular weight is 317 g/mol. The molecule has 4 nitrogen and oxygen atoms in total. The lowest BCUT2D eigenvalue weighted by Crippen LogP contribution is -2.27. The van der Waals surface area contributed by atoms with E-state index in [1.165, 1.54) is 12.7 Å². The molecule has 116 valence electrons. The summed E-state index contributed by atoms with van der Waals surface area (Å²) in [7, 11) is -2.15. The molecule has 2 aromatic rings. The van der Waals surface area contributed by atoms with E-state index in [1.807, 2.05) is 31.2 Å². The summed E-state index contributed by atoms with van der Waals surface area (Å²) in [6.45, 7) is 1.86. The number of fused-ring (bicyclic) bond motifs is 1. The molecule has 1 atom stereocenters. The lowest BCUT2D eigenvalue weighted by molar-refractivity contribution is 0.402. The molecule has 1 aliphatic carbocycles. The van der Waals surface area contributed by atoms with Crippen LogP contribution in [0.2, 0.25) is 0 Å². The highest BCUT2D eigenvalue weighted by atomic mass is 32.2. The first kappa shape index (κ1) is 15.1. The summed E-state index contributed by atoms with van der Waals surface area (Å²) >= 11 is 0. The number of benzene rings is 2. The van der Waals surface area contributed by atoms with Crippen molar-refractivity contribution >= 4 is 10.0 Å². The van der Waals surface area contributed by atoms with E-state index in [1.54, 1.807) is 12.1 Å². The Morgan fingerprint density at radius 3 is 2.73 bits per heavy atom. The smallest absolute Gasteiger partial charge is 0.244 e. The number of methoxy groups -OCH3 is 1. The molecule has 2 aromatic carbocycles. The van der Waals surface area contributed by atoms with Crippen molar-refractivity contribution < 1.29 is 13.2 Å². The van der Waals surface area contributed by atoms with E-state index in [-0.39, 0.29) is 10.9 Å². The van der Waals surface area contributed by atoms with Gasteiger partial charge in [-0.1, -0.05) is 30.3 Å². The van der Waals surface area contributed by atoms with Crippen LogP contribution < -0.4 is 9.46 Å². The minimum absolute atomic E-state index is 0.175. The first-order valence-electron chi connectivity index (χ1n) is 7.26. The van der Waals surface area contributed by atoms with Gasteiger partial charge in [0.2, 0.25) is 10.0 Å². The molecule has 1 unspecified atom stereocenters. The molecular weight excluding hydrogens is 298 g/mol. The molecule has 0 radical (unpaired) electrons. The third-order valence-corrected chi connectivity index (χ3v) is 5.53. The molecule has 0 saturated carbocycles. The molecule has 1 N–H and O–H groups in total. The van der Waals surface area contributed by atoms with Crippen LogP contribution in [0.4, 0.5) is 0 Å². The Balaban J connectivity index is 1.94. The lowest BCUT2D eigenvalue weighted by atomic mass is 10.1. The SMILES string of the molecule is COc1ccc(C)cc1S(=O)(=O)NC1CCc2ccccc21. The van der Waals surface area contributed by atoms with Crippen LogP contribution in [0.1, 0.15) is 29.2 Å². The molecule has 5 heteroatoms. The van der Waals surface area contributed by atoms with Crippen LogP contribution in [0.25, 0.3) is 0 Å². The topological polar surface area (TPSA) is 55.4 Å². The van der Waals surface area contributed by atoms with Crippen LogP contribution in [0.3, 0.4) is 0 Å². The first-order chi connectivity index (χ1) is 10.5. The minimum Gasteiger partial charge on any atom is -0.495 e. The van der Waals surface area contributed by atoms with Gasteiger partial charge in [-0.05, 0) is 48.6 Å². The maximum atomic E-state index is 12.7. The van der Waals surface area contributed by atoms with Crippen LogP contribution in [0, 0.1) is 6.92 Å². The van der Waals surface area contributed by atoms with E-state index in [0.717, 1.165) is 24.0 Å². The molecule has 0 bridgehead atoms. The van der Waals surface area contributed by atoms with Crippen molar-refractivity contribution in [3.05, 3.63) is 59.2 Å². The average Bonchev–Trinajstić information content (AvgIpc) is 2.90. The van der Waals surface area contributed by atoms with Crippen LogP contribution in [-0.4, -0.2) is 15.5 Å². The number of sulfonamides is 1. The van der Waals surface area contributed by atoms with E-state index in [0.29, 0.717) is 5.75 Å². The third kappa shape index (κ3) is 2.74. The van der Waals surface area contributed by atoms with Crippen molar-refractivity contribution in [3.8, 4) is 5.75 Å². The van der Waals surface area contributed by atoms with Crippen molar-refractivity contribution in [2.24, 2.45) is 0 Å². The quantitative estimate of drug-likeness (QED) is 0.943. The van der Waals surface area contributed by atoms with E-state index in [9.17, 15) is 8.42 Å². The van der Waals surface area contributed by atoms with E-state index in [4.69, 9.17) is 4.74 Å². The Kier molecular flexibility index (Phi) is 3.93. The predicted octanol–water partition coefficient (Wildman–Crippen LogP) is 2.97. The second kappa shape index (κ2) is 5.74. The summed E-state index contributed by atoms with van der Waals surface area (Å²) in [5.41, 5.74) is 3.16. The summed E-state index contributed by atoms with van der Waals surface area (Å²) in [5.74, 6) is 0.365. The van der Waals surface area contributed by atoms with Gasteiger partial charge in [-0.25, -0.2) is 13.1 Å². The van der Waals surface area contributed by atoms with Crippen molar-refractivity contribution in [2.75, 3.05) is 7.11 Å². The fraction of sp³-hybridized carbons (Fsp3) is 0.294. The zero-order valence-electron chi connectivity index (χ0n) is 12.7. The highest BCUT2D eigenvalue weighted by molar-refractivity contribution is 7.89. The molecule has 0 heterocycles. The highest BCUT2D eigenvalue weighted by Gasteiger charge is 2.28. The van der Waals surface area contributed by atoms with Crippen LogP contribution >= 0.6 is 0 Å². The Morgan fingerprint density at radius 2 is 1.95 bits per heavy atom. The van der Waals surface area contributed by atoms with Crippen LogP contribution in [-0.2, 0) is 16.4 Å². The number of rotatable bonds is 4. The van der Waals surface area contributed by atoms with Crippen molar-refractivity contribution in [2.45, 2.75) is 30.7 Å². The van der Waals surface area contributed by atoms with Crippen LogP contribution in [0.15, 0.2) is 47.4 Å². The van der Waals surface area contributed by atoms with Gasteiger partial charge in [0.25, 0.3) is 0 Å². The number of ether oxygens (including phenoxy) is 1. The van der Waals surface area contributed by atoms with Crippen LogP contribution in [0.5, 0.6) is 5.75 Å². The third-order valence-electron chi connectivity index (χ3n) is 4.04. The fourth-order valence-electron chi connectivity index (χ4n) is 2.92. The second-order valence-corrected chi connectivity index (χ2v) is 7.25. The largest absolute Gasteiger partial charge is 0.495 e. The molecule has 0 amide bonds. The molecule has 0 spiro atoms. The number of aryl methyl sites for hydroxylation is 2. The van der Waals surface area contributed by atoms with Crippen molar-refractivity contribution in [1.29, 1.82) is 0 Å². The van der Waals surface area contributed by atoms with Gasteiger partial charge in [0.15, 0.2) is 0 Å². The molecule has 0 aliphatic heterocycles. The molecule has 1 aliphatic rings. The fourth-order valence-corrected chi connectivity index (χ4v) is 4.43. The van der Waals surface area contributed by atoms with Gasteiger partial charge in [0.1, 0.15) is 10.6 Å². The lowest BCUT2D eigenvalue weighted by Gasteiger charge is -2.16. The summed E-state index contributed by atoms with van der Waals surface area (Å²) in [4.78, 5) is 0.194. The number of hydrogen-bond donors (Lipinski definition) is 1. The van der Waals surface area contributed by atoms with Gasteiger partial charge in [-0.2, -0.15) is 0 Å². The monoisotopic (exact) mass is 317 g/mol. The Hall–Kier alpha value is -1.85. The Bertz CT molecular complexity index is 799. The molecule has 0 fully saturated rings. The zero-order valence-corrected chi connectivity index (χ0v) is 13.5. The standard InChI is InChI=1S/C17H19NO3S/c1-12-7-10-16(21-2)17(11-12)22(19,20)18-15-9-8-13-5-3-4-6-14(13)15/h3-7,10-11,15,18H,8-9H2,1-2H3. The van der Waals surface area contributed by atoms with Gasteiger partial charge in [0.05, 0.1) is 7.11 Å². The van der Waals surface area contributed by atoms with Gasteiger partial charge < -0.3 is 4.74 Å². The van der Waals surface area contributed by atoms with Crippen molar-refractivity contribution in [3.63, 3.8) is 0 Å². The van der Waals surface area contributed by atoms with Crippen molar-refractivity contribution in [1.82, 2.24) is 4.72 Å². The van der Waals surface area contributed by atoms with Gasteiger partial charge >= 0.3 is 0 Å². The maximum Gasteiger partial charge on any atom is 0.244 e. The van der Waals surface area contributed by atoms with Gasteiger partial charge in [0, 0.05) is 6.04 Å². The molecule has 3 rings (SSSR count). The molecular formula is C17H19NO3S. The van der Waals surface area contributed by atoms with Gasteiger partial charge in [-0.3, -0.25) is 0 Å². The van der Waals surface area contributed by atoms with E-state index < -0.39 is 10.0 Å². The van der Waals surface area contributed by atoms with E-state index >= 15 is 0 Å². The molecule has 22 heavy (non-hydrogen) atoms. The minimum atomic E-state index is -3.63.